The maximum absolute atomic E-state index is 10.4. The smallest absolute Gasteiger partial charge is 0.293 e. The molecule has 0 amide bonds. The van der Waals surface area contributed by atoms with Crippen LogP contribution in [0.25, 0.3) is 0 Å². The Morgan fingerprint density at radius 3 is 2.85 bits per heavy atom. The molecule has 0 aromatic heterocycles. The topological polar surface area (TPSA) is 92.9 Å². The van der Waals surface area contributed by atoms with Crippen molar-refractivity contribution in [3.63, 3.8) is 0 Å². The lowest BCUT2D eigenvalue weighted by Crippen LogP contribution is -1.96. The number of nitro benzene ring substituents is 1. The highest BCUT2D eigenvalue weighted by Crippen LogP contribution is 2.31. The second kappa shape index (κ2) is 3.78. The molecule has 0 spiro atoms. The fourth-order valence-corrected chi connectivity index (χ4v) is 1.29. The fraction of sp³-hybridized carbons (Fsp3) is 0. The molecule has 2 N–H and O–H groups in total. The lowest BCUT2D eigenvalue weighted by atomic mass is 10.3. The molecule has 0 saturated heterocycles. The van der Waals surface area contributed by atoms with Gasteiger partial charge in [-0.05, 0) is 17.8 Å². The van der Waals surface area contributed by atoms with Gasteiger partial charge in [0.25, 0.3) is 5.69 Å². The van der Waals surface area contributed by atoms with E-state index in [1.165, 1.54) is 12.1 Å². The van der Waals surface area contributed by atoms with E-state index in [0.717, 1.165) is 11.8 Å². The van der Waals surface area contributed by atoms with E-state index in [1.807, 2.05) is 0 Å². The first-order valence-electron chi connectivity index (χ1n) is 3.25. The zero-order chi connectivity index (χ0) is 9.84. The molecule has 0 radical (unpaired) electrons. The van der Waals surface area contributed by atoms with Crippen LogP contribution in [0.15, 0.2) is 23.1 Å². The summed E-state index contributed by atoms with van der Waals surface area (Å²) in [6, 6.07) is 4.36. The van der Waals surface area contributed by atoms with Crippen LogP contribution < -0.4 is 5.73 Å². The minimum absolute atomic E-state index is 0.0408. The highest BCUT2D eigenvalue weighted by Gasteiger charge is 2.13. The van der Waals surface area contributed by atoms with Gasteiger partial charge < -0.3 is 5.73 Å². The Bertz CT molecular complexity index is 386. The van der Waals surface area contributed by atoms with Gasteiger partial charge in [-0.15, -0.1) is 0 Å². The van der Waals surface area contributed by atoms with Crippen molar-refractivity contribution in [1.82, 2.24) is 0 Å². The molecule has 66 valence electrons. The van der Waals surface area contributed by atoms with Crippen LogP contribution in [0.2, 0.25) is 0 Å². The molecular formula is C7H5N3O2S. The van der Waals surface area contributed by atoms with E-state index in [4.69, 9.17) is 11.0 Å². The van der Waals surface area contributed by atoms with Crippen LogP contribution in [0.1, 0.15) is 0 Å². The minimum Gasteiger partial charge on any atom is -0.392 e. The molecule has 1 aromatic rings. The number of nitrogen functional groups attached to an aromatic ring is 1. The number of nitrogens with zero attached hydrogens (tertiary/aromatic N) is 2. The van der Waals surface area contributed by atoms with E-state index in [0.29, 0.717) is 4.90 Å². The Balaban J connectivity index is 3.20. The number of rotatable bonds is 2. The molecule has 5 nitrogen and oxygen atoms in total. The van der Waals surface area contributed by atoms with Crippen LogP contribution in [0.4, 0.5) is 11.4 Å². The Hall–Kier alpha value is -1.74. The molecule has 1 rings (SSSR count). The van der Waals surface area contributed by atoms with Gasteiger partial charge in [-0.1, -0.05) is 6.07 Å². The van der Waals surface area contributed by atoms with Crippen LogP contribution in [-0.4, -0.2) is 4.92 Å². The summed E-state index contributed by atoms with van der Waals surface area (Å²) < 4.78 is 0. The van der Waals surface area contributed by atoms with Crippen molar-refractivity contribution < 1.29 is 4.92 Å². The van der Waals surface area contributed by atoms with Crippen LogP contribution >= 0.6 is 11.8 Å². The Morgan fingerprint density at radius 1 is 1.62 bits per heavy atom. The van der Waals surface area contributed by atoms with Gasteiger partial charge in [0.15, 0.2) is 0 Å². The van der Waals surface area contributed by atoms with Crippen LogP contribution in [0, 0.1) is 20.8 Å². The number of hydrogen-bond donors (Lipinski definition) is 1. The molecule has 0 fully saturated rings. The molecule has 6 heteroatoms. The van der Waals surface area contributed by atoms with Gasteiger partial charge in [0.1, 0.15) is 11.1 Å². The van der Waals surface area contributed by atoms with E-state index in [2.05, 4.69) is 0 Å². The summed E-state index contributed by atoms with van der Waals surface area (Å²) in [5.74, 6) is 0. The first-order chi connectivity index (χ1) is 6.16. The third kappa shape index (κ3) is 1.89. The first kappa shape index (κ1) is 9.35. The first-order valence-corrected chi connectivity index (χ1v) is 4.07. The quantitative estimate of drug-likeness (QED) is 0.255. The molecule has 1 aromatic carbocycles. The lowest BCUT2D eigenvalue weighted by Gasteiger charge is -1.99. The standard InChI is InChI=1S/C7H5N3O2S/c8-4-13-6-3-1-2-5(7(6)9)10(11)12/h1-3H,9H2. The van der Waals surface area contributed by atoms with E-state index in [-0.39, 0.29) is 11.4 Å². The second-order valence-electron chi connectivity index (χ2n) is 2.14. The fourth-order valence-electron chi connectivity index (χ4n) is 0.830. The van der Waals surface area contributed by atoms with Gasteiger partial charge in [0.2, 0.25) is 0 Å². The largest absolute Gasteiger partial charge is 0.392 e. The highest BCUT2D eigenvalue weighted by molar-refractivity contribution is 8.03. The van der Waals surface area contributed by atoms with Gasteiger partial charge in [-0.3, -0.25) is 10.1 Å². The maximum atomic E-state index is 10.4. The molecule has 0 unspecified atom stereocenters. The summed E-state index contributed by atoms with van der Waals surface area (Å²) in [6.45, 7) is 0. The van der Waals surface area contributed by atoms with Crippen molar-refractivity contribution >= 4 is 23.1 Å². The number of benzene rings is 1. The van der Waals surface area contributed by atoms with Crippen molar-refractivity contribution in [3.8, 4) is 5.40 Å². The zero-order valence-corrected chi connectivity index (χ0v) is 7.25. The molecule has 0 aliphatic heterocycles. The molecule has 0 saturated carbocycles. The van der Waals surface area contributed by atoms with Gasteiger partial charge in [-0.25, -0.2) is 0 Å². The number of nitrogens with two attached hydrogens (primary N) is 1. The maximum Gasteiger partial charge on any atom is 0.293 e. The normalized spacial score (nSPS) is 9.15. The van der Waals surface area contributed by atoms with Crippen LogP contribution in [0.5, 0.6) is 0 Å². The monoisotopic (exact) mass is 195 g/mol. The predicted octanol–water partition coefficient (Wildman–Crippen LogP) is 1.75. The van der Waals surface area contributed by atoms with Gasteiger partial charge in [-0.2, -0.15) is 5.26 Å². The van der Waals surface area contributed by atoms with Gasteiger partial charge >= 0.3 is 0 Å². The van der Waals surface area contributed by atoms with E-state index >= 15 is 0 Å². The average Bonchev–Trinajstić information content (AvgIpc) is 2.08. The molecule has 13 heavy (non-hydrogen) atoms. The average molecular weight is 195 g/mol. The summed E-state index contributed by atoms with van der Waals surface area (Å²) in [4.78, 5) is 10.3. The van der Waals surface area contributed by atoms with Gasteiger partial charge in [0, 0.05) is 6.07 Å². The molecular weight excluding hydrogens is 190 g/mol. The predicted molar refractivity (Wildman–Crippen MR) is 49.0 cm³/mol. The highest BCUT2D eigenvalue weighted by atomic mass is 32.2. The van der Waals surface area contributed by atoms with E-state index < -0.39 is 4.92 Å². The van der Waals surface area contributed by atoms with E-state index in [9.17, 15) is 10.1 Å². The van der Waals surface area contributed by atoms with Crippen molar-refractivity contribution in [3.05, 3.63) is 28.3 Å². The summed E-state index contributed by atoms with van der Waals surface area (Å²) in [5, 5.41) is 20.6. The Labute approximate surface area is 78.3 Å². The number of nitriles is 1. The molecule has 0 heterocycles. The number of thioether (sulfide) groups is 1. The Kier molecular flexibility index (Phi) is 2.72. The SMILES string of the molecule is N#CSc1cccc([N+](=O)[O-])c1N. The number of nitro groups is 1. The molecule has 0 aliphatic carbocycles. The number of para-hydroxylation sites is 1. The van der Waals surface area contributed by atoms with Crippen molar-refractivity contribution in [2.75, 3.05) is 5.73 Å². The zero-order valence-electron chi connectivity index (χ0n) is 6.43. The third-order valence-corrected chi connectivity index (χ3v) is 2.06. The van der Waals surface area contributed by atoms with E-state index in [1.54, 1.807) is 11.5 Å². The molecule has 0 aliphatic rings. The van der Waals surface area contributed by atoms with Crippen molar-refractivity contribution in [2.24, 2.45) is 0 Å². The summed E-state index contributed by atoms with van der Waals surface area (Å²) in [5.41, 5.74) is 5.33. The summed E-state index contributed by atoms with van der Waals surface area (Å²) >= 11 is 0.810. The number of thiocyanates is 1. The number of anilines is 1. The van der Waals surface area contributed by atoms with Crippen molar-refractivity contribution in [1.29, 1.82) is 5.26 Å². The third-order valence-electron chi connectivity index (χ3n) is 1.40. The summed E-state index contributed by atoms with van der Waals surface area (Å²) in [7, 11) is 0. The molecule has 0 bridgehead atoms. The second-order valence-corrected chi connectivity index (χ2v) is 2.97. The number of hydrogen-bond acceptors (Lipinski definition) is 5. The van der Waals surface area contributed by atoms with Gasteiger partial charge in [0.05, 0.1) is 9.82 Å². The minimum atomic E-state index is -0.573. The molecule has 0 atom stereocenters. The van der Waals surface area contributed by atoms with Crippen LogP contribution in [-0.2, 0) is 0 Å². The van der Waals surface area contributed by atoms with Crippen LogP contribution in [0.3, 0.4) is 0 Å². The van der Waals surface area contributed by atoms with Crippen molar-refractivity contribution in [2.45, 2.75) is 4.90 Å². The Morgan fingerprint density at radius 2 is 2.31 bits per heavy atom. The summed E-state index contributed by atoms with van der Waals surface area (Å²) in [6.07, 6.45) is 0. The lowest BCUT2D eigenvalue weighted by molar-refractivity contribution is -0.384.